The Kier molecular flexibility index (Phi) is 6.98. The molecule has 1 saturated heterocycles. The van der Waals surface area contributed by atoms with Gasteiger partial charge in [-0.1, -0.05) is 60.7 Å². The molecule has 3 aromatic rings. The number of nitrogens with two attached hydrogens (primary N) is 1. The van der Waals surface area contributed by atoms with Gasteiger partial charge in [0.25, 0.3) is 0 Å². The molecule has 5 nitrogen and oxygen atoms in total. The van der Waals surface area contributed by atoms with Gasteiger partial charge >= 0.3 is 5.97 Å². The maximum absolute atomic E-state index is 13.9. The molecule has 3 aromatic carbocycles. The van der Waals surface area contributed by atoms with Crippen LogP contribution in [0.1, 0.15) is 27.9 Å². The van der Waals surface area contributed by atoms with Crippen molar-refractivity contribution in [3.05, 3.63) is 107 Å². The lowest BCUT2D eigenvalue weighted by molar-refractivity contribution is -0.899. The topological polar surface area (TPSA) is 69.4 Å². The molecule has 7 heteroatoms. The van der Waals surface area contributed by atoms with Gasteiger partial charge in [-0.15, -0.1) is 0 Å². The minimum Gasteiger partial charge on any atom is -0.456 e. The predicted octanol–water partition coefficient (Wildman–Crippen LogP) is 4.06. The molecule has 1 heterocycles. The first-order chi connectivity index (χ1) is 16.8. The van der Waals surface area contributed by atoms with E-state index in [9.17, 15) is 18.4 Å². The van der Waals surface area contributed by atoms with E-state index in [1.54, 1.807) is 0 Å². The minimum atomic E-state index is -1.00. The van der Waals surface area contributed by atoms with E-state index in [0.717, 1.165) is 42.3 Å². The number of nitrogens with zero attached hydrogens (tertiary/aromatic N) is 1. The molecule has 4 rings (SSSR count). The van der Waals surface area contributed by atoms with Crippen molar-refractivity contribution >= 4 is 11.9 Å². The number of esters is 1. The first-order valence-corrected chi connectivity index (χ1v) is 11.6. The van der Waals surface area contributed by atoms with Crippen LogP contribution in [0.25, 0.3) is 0 Å². The molecular weight excluding hydrogens is 450 g/mol. The average molecular weight is 480 g/mol. The maximum Gasteiger partial charge on any atom is 0.341 e. The highest BCUT2D eigenvalue weighted by molar-refractivity contribution is 5.91. The average Bonchev–Trinajstić information content (AvgIpc) is 3.24. The third-order valence-corrected chi connectivity index (χ3v) is 7.15. The summed E-state index contributed by atoms with van der Waals surface area (Å²) in [6.07, 6.45) is 0.746. The van der Waals surface area contributed by atoms with Gasteiger partial charge in [-0.25, -0.2) is 13.6 Å². The second-order valence-corrected chi connectivity index (χ2v) is 9.40. The number of carbonyl (C=O) groups excluding carboxylic acids is 2. The maximum atomic E-state index is 13.9. The normalized spacial score (nSPS) is 19.9. The number of carbonyl (C=O) groups is 2. The zero-order valence-electron chi connectivity index (χ0n) is 19.6. The zero-order valence-corrected chi connectivity index (χ0v) is 19.6. The Morgan fingerprint density at radius 2 is 1.60 bits per heavy atom. The van der Waals surface area contributed by atoms with E-state index in [1.807, 2.05) is 67.7 Å². The Hall–Kier alpha value is -3.58. The van der Waals surface area contributed by atoms with Gasteiger partial charge in [0, 0.05) is 12.3 Å². The fraction of sp³-hybridized carbons (Fsp3) is 0.286. The summed E-state index contributed by atoms with van der Waals surface area (Å²) in [7, 11) is 2.04. The van der Waals surface area contributed by atoms with Crippen molar-refractivity contribution in [1.82, 2.24) is 0 Å². The van der Waals surface area contributed by atoms with E-state index >= 15 is 0 Å². The first-order valence-electron chi connectivity index (χ1n) is 11.6. The monoisotopic (exact) mass is 479 g/mol. The van der Waals surface area contributed by atoms with Crippen LogP contribution in [-0.4, -0.2) is 49.6 Å². The summed E-state index contributed by atoms with van der Waals surface area (Å²) in [5.74, 6) is -2.91. The van der Waals surface area contributed by atoms with Crippen LogP contribution < -0.4 is 5.73 Å². The number of likely N-dealkylation sites (N-methyl/N-ethyl adjacent to an activating group) is 1. The van der Waals surface area contributed by atoms with Crippen LogP contribution in [0.3, 0.4) is 0 Å². The fourth-order valence-electron chi connectivity index (χ4n) is 5.35. The van der Waals surface area contributed by atoms with Gasteiger partial charge in [-0.3, -0.25) is 4.79 Å². The van der Waals surface area contributed by atoms with Gasteiger partial charge in [0.15, 0.2) is 0 Å². The number of ether oxygens (including phenoxy) is 1. The van der Waals surface area contributed by atoms with Crippen LogP contribution in [0, 0.1) is 17.6 Å². The molecule has 0 saturated carbocycles. The highest BCUT2D eigenvalue weighted by atomic mass is 19.1. The Labute approximate surface area is 203 Å². The molecule has 2 N–H and O–H groups in total. The number of benzene rings is 3. The molecule has 35 heavy (non-hydrogen) atoms. The molecule has 182 valence electrons. The van der Waals surface area contributed by atoms with Gasteiger partial charge in [-0.05, 0) is 29.3 Å². The number of primary amides is 1. The summed E-state index contributed by atoms with van der Waals surface area (Å²) in [6, 6.07) is 21.9. The highest BCUT2D eigenvalue weighted by Gasteiger charge is 2.53. The number of hydrogen-bond acceptors (Lipinski definition) is 3. The Morgan fingerprint density at radius 1 is 1.00 bits per heavy atom. The van der Waals surface area contributed by atoms with E-state index in [-0.39, 0.29) is 12.5 Å². The number of likely N-dealkylation sites (tertiary alicyclic amines) is 1. The minimum absolute atomic E-state index is 0.0399. The summed E-state index contributed by atoms with van der Waals surface area (Å²) in [5, 5.41) is 0. The molecule has 0 aromatic heterocycles. The molecule has 1 aliphatic rings. The molecule has 2 atom stereocenters. The Morgan fingerprint density at radius 3 is 2.17 bits per heavy atom. The molecule has 0 spiro atoms. The predicted molar refractivity (Wildman–Crippen MR) is 128 cm³/mol. The van der Waals surface area contributed by atoms with Crippen LogP contribution >= 0.6 is 0 Å². The molecule has 1 fully saturated rings. The van der Waals surface area contributed by atoms with Crippen LogP contribution in [0.15, 0.2) is 78.9 Å². The molecule has 1 amide bonds. The summed E-state index contributed by atoms with van der Waals surface area (Å²) in [5.41, 5.74) is 6.43. The van der Waals surface area contributed by atoms with Crippen LogP contribution in [-0.2, 0) is 14.9 Å². The summed E-state index contributed by atoms with van der Waals surface area (Å²) in [6.45, 7) is 1.90. The molecule has 1 unspecified atom stereocenters. The van der Waals surface area contributed by atoms with Crippen LogP contribution in [0.2, 0.25) is 0 Å². The molecule has 0 aliphatic carbocycles. The van der Waals surface area contributed by atoms with Crippen molar-refractivity contribution < 1.29 is 27.6 Å². The van der Waals surface area contributed by atoms with Crippen LogP contribution in [0.4, 0.5) is 8.78 Å². The SMILES string of the molecule is C[N@+]1(CCOC(=O)c2cc(F)ccc2F)CCC(C(C(N)=O)(c2ccccc2)c2ccccc2)C1. The number of halogens is 2. The number of quaternary nitrogens is 1. The van der Waals surface area contributed by atoms with Crippen molar-refractivity contribution in [3.8, 4) is 0 Å². The van der Waals surface area contributed by atoms with E-state index < -0.39 is 34.5 Å². The molecule has 1 aliphatic heterocycles. The van der Waals surface area contributed by atoms with E-state index in [2.05, 4.69) is 0 Å². The van der Waals surface area contributed by atoms with Crippen molar-refractivity contribution in [2.45, 2.75) is 11.8 Å². The third kappa shape index (κ3) is 4.82. The zero-order chi connectivity index (χ0) is 25.1. The summed E-state index contributed by atoms with van der Waals surface area (Å²) in [4.78, 5) is 25.5. The van der Waals surface area contributed by atoms with Gasteiger partial charge in [0.2, 0.25) is 5.91 Å². The fourth-order valence-corrected chi connectivity index (χ4v) is 5.35. The van der Waals surface area contributed by atoms with E-state index in [0.29, 0.717) is 17.6 Å². The lowest BCUT2D eigenvalue weighted by Gasteiger charge is -2.38. The first kappa shape index (κ1) is 24.5. The summed E-state index contributed by atoms with van der Waals surface area (Å²) < 4.78 is 33.1. The Bertz CT molecular complexity index is 1160. The third-order valence-electron chi connectivity index (χ3n) is 7.15. The van der Waals surface area contributed by atoms with Crippen molar-refractivity contribution in [1.29, 1.82) is 0 Å². The smallest absolute Gasteiger partial charge is 0.341 e. The van der Waals surface area contributed by atoms with Crippen molar-refractivity contribution in [2.24, 2.45) is 11.7 Å². The van der Waals surface area contributed by atoms with Gasteiger partial charge in [0.1, 0.15) is 30.2 Å². The molecular formula is C28H29F2N2O3+. The standard InChI is InChI=1S/C28H28F2N2O3/c1-32(16-17-35-26(33)24-18-23(29)12-13-25(24)30)15-14-22(19-32)28(27(31)34,20-8-4-2-5-9-20)21-10-6-3-7-11-21/h2-13,18,22H,14-17,19H2,1H3,(H-,31,34)/p+1/t22?,32-/m1/s1. The molecule has 0 bridgehead atoms. The van der Waals surface area contributed by atoms with E-state index in [4.69, 9.17) is 10.5 Å². The van der Waals surface area contributed by atoms with Crippen molar-refractivity contribution in [2.75, 3.05) is 33.3 Å². The number of rotatable bonds is 8. The highest BCUT2D eigenvalue weighted by Crippen LogP contribution is 2.44. The largest absolute Gasteiger partial charge is 0.456 e. The quantitative estimate of drug-likeness (QED) is 0.391. The van der Waals surface area contributed by atoms with Gasteiger partial charge in [-0.2, -0.15) is 0 Å². The number of amides is 1. The summed E-state index contributed by atoms with van der Waals surface area (Å²) >= 11 is 0. The second-order valence-electron chi connectivity index (χ2n) is 9.40. The number of hydrogen-bond donors (Lipinski definition) is 1. The molecule has 0 radical (unpaired) electrons. The van der Waals surface area contributed by atoms with Crippen molar-refractivity contribution in [3.63, 3.8) is 0 Å². The lowest BCUT2D eigenvalue weighted by atomic mass is 9.64. The Balaban J connectivity index is 1.54. The van der Waals surface area contributed by atoms with E-state index in [1.165, 1.54) is 0 Å². The van der Waals surface area contributed by atoms with Crippen LogP contribution in [0.5, 0.6) is 0 Å². The second kappa shape index (κ2) is 9.96. The lowest BCUT2D eigenvalue weighted by Crippen LogP contribution is -2.51. The van der Waals surface area contributed by atoms with Gasteiger partial charge in [0.05, 0.1) is 25.7 Å². The van der Waals surface area contributed by atoms with Gasteiger partial charge < -0.3 is 15.0 Å².